The molecule has 0 saturated heterocycles. The number of likely N-dealkylation sites (N-methyl/N-ethyl adjacent to an activating group) is 1. The first-order chi connectivity index (χ1) is 8.27. The third kappa shape index (κ3) is 5.01. The zero-order valence-electron chi connectivity index (χ0n) is 10.9. The van der Waals surface area contributed by atoms with Gasteiger partial charge >= 0.3 is 0 Å². The maximum Gasteiger partial charge on any atom is 0.0839 e. The lowest BCUT2D eigenvalue weighted by Gasteiger charge is -2.19. The minimum absolute atomic E-state index is 0.0113. The van der Waals surface area contributed by atoms with E-state index in [-0.39, 0.29) is 5.92 Å². The summed E-state index contributed by atoms with van der Waals surface area (Å²) in [5, 5.41) is 9.22. The van der Waals surface area contributed by atoms with E-state index in [0.29, 0.717) is 0 Å². The fraction of sp³-hybridized carbons (Fsp3) is 0.533. The molecule has 1 unspecified atom stereocenters. The summed E-state index contributed by atoms with van der Waals surface area (Å²) in [4.78, 5) is 2.26. The lowest BCUT2D eigenvalue weighted by atomic mass is 10.0. The molecule has 0 N–H and O–H groups in total. The van der Waals surface area contributed by atoms with Crippen LogP contribution in [0.4, 0.5) is 0 Å². The monoisotopic (exact) mass is 230 g/mol. The van der Waals surface area contributed by atoms with Gasteiger partial charge < -0.3 is 4.90 Å². The predicted octanol–water partition coefficient (Wildman–Crippen LogP) is 3.42. The van der Waals surface area contributed by atoms with Gasteiger partial charge in [-0.15, -0.1) is 0 Å². The summed E-state index contributed by atoms with van der Waals surface area (Å²) < 4.78 is 0. The minimum atomic E-state index is -0.0113. The second-order valence-corrected chi connectivity index (χ2v) is 4.56. The van der Waals surface area contributed by atoms with Crippen LogP contribution in [-0.4, -0.2) is 25.0 Å². The fourth-order valence-corrected chi connectivity index (χ4v) is 1.94. The summed E-state index contributed by atoms with van der Waals surface area (Å²) in [5.41, 5.74) is 1.12. The molecule has 17 heavy (non-hydrogen) atoms. The number of nitriles is 1. The largest absolute Gasteiger partial charge is 0.305 e. The Bertz CT molecular complexity index is 340. The summed E-state index contributed by atoms with van der Waals surface area (Å²) in [6.45, 7) is 4.12. The Labute approximate surface area is 105 Å². The number of rotatable bonds is 7. The van der Waals surface area contributed by atoms with Crippen molar-refractivity contribution in [2.24, 2.45) is 0 Å². The van der Waals surface area contributed by atoms with Crippen molar-refractivity contribution in [3.05, 3.63) is 35.9 Å². The second kappa shape index (κ2) is 7.86. The van der Waals surface area contributed by atoms with Crippen molar-refractivity contribution >= 4 is 0 Å². The van der Waals surface area contributed by atoms with E-state index in [1.165, 1.54) is 19.3 Å². The number of unbranched alkanes of at least 4 members (excludes halogenated alkanes) is 2. The summed E-state index contributed by atoms with van der Waals surface area (Å²) in [6, 6.07) is 12.5. The van der Waals surface area contributed by atoms with Crippen LogP contribution in [-0.2, 0) is 0 Å². The molecule has 0 fully saturated rings. The average molecular weight is 230 g/mol. The quantitative estimate of drug-likeness (QED) is 0.671. The maximum atomic E-state index is 9.22. The van der Waals surface area contributed by atoms with Gasteiger partial charge in [0, 0.05) is 6.54 Å². The van der Waals surface area contributed by atoms with Crippen LogP contribution in [0.5, 0.6) is 0 Å². The number of hydrogen-bond acceptors (Lipinski definition) is 2. The molecule has 2 nitrogen and oxygen atoms in total. The van der Waals surface area contributed by atoms with Gasteiger partial charge in [0.25, 0.3) is 0 Å². The molecule has 1 rings (SSSR count). The molecule has 1 aromatic rings. The van der Waals surface area contributed by atoms with Crippen LogP contribution in [0.25, 0.3) is 0 Å². The van der Waals surface area contributed by atoms with Crippen LogP contribution in [0.1, 0.15) is 37.7 Å². The maximum absolute atomic E-state index is 9.22. The van der Waals surface area contributed by atoms with Gasteiger partial charge in [-0.1, -0.05) is 50.1 Å². The van der Waals surface area contributed by atoms with Crippen molar-refractivity contribution in [3.63, 3.8) is 0 Å². The second-order valence-electron chi connectivity index (χ2n) is 4.56. The topological polar surface area (TPSA) is 27.0 Å². The number of nitrogens with zero attached hydrogens (tertiary/aromatic N) is 2. The smallest absolute Gasteiger partial charge is 0.0839 e. The molecular weight excluding hydrogens is 208 g/mol. The molecule has 2 heteroatoms. The van der Waals surface area contributed by atoms with Gasteiger partial charge in [-0.3, -0.25) is 0 Å². The molecule has 0 aromatic heterocycles. The molecule has 0 bridgehead atoms. The van der Waals surface area contributed by atoms with E-state index in [9.17, 15) is 5.26 Å². The van der Waals surface area contributed by atoms with E-state index in [4.69, 9.17) is 0 Å². The van der Waals surface area contributed by atoms with Crippen LogP contribution >= 0.6 is 0 Å². The summed E-state index contributed by atoms with van der Waals surface area (Å²) in [7, 11) is 2.10. The molecule has 0 aliphatic rings. The Morgan fingerprint density at radius 3 is 2.53 bits per heavy atom. The van der Waals surface area contributed by atoms with Gasteiger partial charge in [0.1, 0.15) is 0 Å². The minimum Gasteiger partial charge on any atom is -0.305 e. The molecule has 1 aromatic carbocycles. The molecule has 1 atom stereocenters. The lowest BCUT2D eigenvalue weighted by Crippen LogP contribution is -2.25. The molecule has 0 saturated carbocycles. The molecule has 92 valence electrons. The molecule has 0 radical (unpaired) electrons. The van der Waals surface area contributed by atoms with Crippen LogP contribution in [0.3, 0.4) is 0 Å². The molecular formula is C15H22N2. The Morgan fingerprint density at radius 1 is 1.24 bits per heavy atom. The van der Waals surface area contributed by atoms with E-state index in [1.54, 1.807) is 0 Å². The lowest BCUT2D eigenvalue weighted by molar-refractivity contribution is 0.319. The van der Waals surface area contributed by atoms with Gasteiger partial charge in [0.05, 0.1) is 12.0 Å². The molecule has 0 spiro atoms. The van der Waals surface area contributed by atoms with Crippen LogP contribution < -0.4 is 0 Å². The first kappa shape index (κ1) is 13.7. The van der Waals surface area contributed by atoms with Gasteiger partial charge in [-0.2, -0.15) is 5.26 Å². The molecule has 0 aliphatic heterocycles. The zero-order valence-corrected chi connectivity index (χ0v) is 10.9. The number of benzene rings is 1. The fourth-order valence-electron chi connectivity index (χ4n) is 1.94. The van der Waals surface area contributed by atoms with Crippen LogP contribution in [0.2, 0.25) is 0 Å². The van der Waals surface area contributed by atoms with Gasteiger partial charge in [0.2, 0.25) is 0 Å². The van der Waals surface area contributed by atoms with Crippen molar-refractivity contribution in [1.82, 2.24) is 4.90 Å². The SMILES string of the molecule is CCCCCN(C)CC(C#N)c1ccccc1. The first-order valence-corrected chi connectivity index (χ1v) is 6.41. The molecule has 0 amide bonds. The van der Waals surface area contributed by atoms with Gasteiger partial charge in [-0.05, 0) is 25.6 Å². The Balaban J connectivity index is 2.45. The predicted molar refractivity (Wildman–Crippen MR) is 71.8 cm³/mol. The molecule has 0 heterocycles. The molecule has 0 aliphatic carbocycles. The van der Waals surface area contributed by atoms with Crippen molar-refractivity contribution in [2.45, 2.75) is 32.1 Å². The Hall–Kier alpha value is -1.33. The van der Waals surface area contributed by atoms with Crippen molar-refractivity contribution in [2.75, 3.05) is 20.1 Å². The van der Waals surface area contributed by atoms with E-state index >= 15 is 0 Å². The number of hydrogen-bond donors (Lipinski definition) is 0. The third-order valence-corrected chi connectivity index (χ3v) is 3.00. The highest BCUT2D eigenvalue weighted by molar-refractivity contribution is 5.24. The van der Waals surface area contributed by atoms with E-state index < -0.39 is 0 Å². The van der Waals surface area contributed by atoms with Crippen molar-refractivity contribution in [3.8, 4) is 6.07 Å². The highest BCUT2D eigenvalue weighted by atomic mass is 15.1. The Morgan fingerprint density at radius 2 is 1.94 bits per heavy atom. The van der Waals surface area contributed by atoms with Gasteiger partial charge in [-0.25, -0.2) is 0 Å². The average Bonchev–Trinajstić information content (AvgIpc) is 2.37. The van der Waals surface area contributed by atoms with Crippen molar-refractivity contribution < 1.29 is 0 Å². The summed E-state index contributed by atoms with van der Waals surface area (Å²) in [6.07, 6.45) is 3.74. The standard InChI is InChI=1S/C15H22N2/c1-3-4-8-11-17(2)13-15(12-16)14-9-6-5-7-10-14/h5-7,9-10,15H,3-4,8,11,13H2,1-2H3. The van der Waals surface area contributed by atoms with E-state index in [1.807, 2.05) is 30.3 Å². The van der Waals surface area contributed by atoms with E-state index in [2.05, 4.69) is 24.9 Å². The van der Waals surface area contributed by atoms with Gasteiger partial charge in [0.15, 0.2) is 0 Å². The normalized spacial score (nSPS) is 12.4. The zero-order chi connectivity index (χ0) is 12.5. The highest BCUT2D eigenvalue weighted by Crippen LogP contribution is 2.15. The first-order valence-electron chi connectivity index (χ1n) is 6.41. The van der Waals surface area contributed by atoms with E-state index in [0.717, 1.165) is 18.7 Å². The van der Waals surface area contributed by atoms with Crippen LogP contribution in [0.15, 0.2) is 30.3 Å². The summed E-state index contributed by atoms with van der Waals surface area (Å²) >= 11 is 0. The van der Waals surface area contributed by atoms with Crippen molar-refractivity contribution in [1.29, 1.82) is 5.26 Å². The summed E-state index contributed by atoms with van der Waals surface area (Å²) in [5.74, 6) is -0.0113. The highest BCUT2D eigenvalue weighted by Gasteiger charge is 2.12. The third-order valence-electron chi connectivity index (χ3n) is 3.00. The Kier molecular flexibility index (Phi) is 6.35. The van der Waals surface area contributed by atoms with Crippen LogP contribution in [0, 0.1) is 11.3 Å².